The van der Waals surface area contributed by atoms with Crippen molar-refractivity contribution < 1.29 is 19.1 Å². The van der Waals surface area contributed by atoms with Crippen molar-refractivity contribution in [2.75, 3.05) is 49.3 Å². The summed E-state index contributed by atoms with van der Waals surface area (Å²) in [6.45, 7) is 14.0. The Kier molecular flexibility index (Phi) is 9.08. The van der Waals surface area contributed by atoms with Gasteiger partial charge in [-0.2, -0.15) is 0 Å². The second-order valence-electron chi connectivity index (χ2n) is 12.9. The van der Waals surface area contributed by atoms with E-state index in [1.165, 1.54) is 0 Å². The molecule has 2 fully saturated rings. The standard InChI is InChI=1S/C37H46N4O5/c1-6-40(28-10-14-45-15-11-28)32-21-27(19-29(25(32)5)34(42)38-22-30-23(3)18-24(4)39-35(30)43)26-8-9-31-33(20-26)41(7-2)36(44)37(31)12-16-46-17-13-37/h8-9,18-21,28H,6-7,10-17,22H2,1-5H3,(H,38,42)(H,39,43). The quantitative estimate of drug-likeness (QED) is 0.351. The maximum atomic E-state index is 14.0. The minimum atomic E-state index is -0.528. The summed E-state index contributed by atoms with van der Waals surface area (Å²) in [6.07, 6.45) is 3.22. The van der Waals surface area contributed by atoms with Crippen LogP contribution in [0.5, 0.6) is 0 Å². The average molecular weight is 627 g/mol. The van der Waals surface area contributed by atoms with Crippen molar-refractivity contribution in [2.24, 2.45) is 0 Å². The van der Waals surface area contributed by atoms with Crippen molar-refractivity contribution >= 4 is 23.2 Å². The molecule has 2 N–H and O–H groups in total. The molecule has 0 radical (unpaired) electrons. The predicted molar refractivity (Wildman–Crippen MR) is 181 cm³/mol. The Morgan fingerprint density at radius 2 is 1.70 bits per heavy atom. The van der Waals surface area contributed by atoms with Crippen LogP contribution in [0, 0.1) is 20.8 Å². The summed E-state index contributed by atoms with van der Waals surface area (Å²) in [4.78, 5) is 47.6. The second kappa shape index (κ2) is 13.0. The van der Waals surface area contributed by atoms with Crippen molar-refractivity contribution in [1.82, 2.24) is 10.3 Å². The van der Waals surface area contributed by atoms with Crippen molar-refractivity contribution in [3.63, 3.8) is 0 Å². The van der Waals surface area contributed by atoms with Gasteiger partial charge in [0.2, 0.25) is 5.91 Å². The number of carbonyl (C=O) groups excluding carboxylic acids is 2. The van der Waals surface area contributed by atoms with Gasteiger partial charge in [-0.25, -0.2) is 0 Å². The number of benzene rings is 2. The third-order valence-corrected chi connectivity index (χ3v) is 10.3. The number of anilines is 2. The molecule has 1 spiro atoms. The van der Waals surface area contributed by atoms with Crippen LogP contribution in [0.15, 0.2) is 41.2 Å². The molecular weight excluding hydrogens is 580 g/mol. The number of ether oxygens (including phenoxy) is 2. The zero-order valence-electron chi connectivity index (χ0n) is 27.8. The van der Waals surface area contributed by atoms with Crippen LogP contribution < -0.4 is 20.7 Å². The van der Waals surface area contributed by atoms with E-state index in [0.29, 0.717) is 49.8 Å². The van der Waals surface area contributed by atoms with Gasteiger partial charge in [0.15, 0.2) is 0 Å². The van der Waals surface area contributed by atoms with Gasteiger partial charge in [-0.3, -0.25) is 14.4 Å². The highest BCUT2D eigenvalue weighted by Gasteiger charge is 2.51. The minimum Gasteiger partial charge on any atom is -0.381 e. The molecule has 0 unspecified atom stereocenters. The molecule has 0 atom stereocenters. The third-order valence-electron chi connectivity index (χ3n) is 10.3. The SMILES string of the molecule is CCN1C(=O)C2(CCOCC2)c2ccc(-c3cc(C(=O)NCc4c(C)cc(C)[nH]c4=O)c(C)c(N(CC)C4CCOCC4)c3)cc21. The molecule has 6 rings (SSSR count). The van der Waals surface area contributed by atoms with Gasteiger partial charge >= 0.3 is 0 Å². The van der Waals surface area contributed by atoms with E-state index in [2.05, 4.69) is 46.4 Å². The van der Waals surface area contributed by atoms with E-state index in [1.54, 1.807) is 0 Å². The lowest BCUT2D eigenvalue weighted by molar-refractivity contribution is -0.126. The number of aromatic amines is 1. The zero-order chi connectivity index (χ0) is 32.6. The maximum Gasteiger partial charge on any atom is 0.253 e. The molecule has 0 aliphatic carbocycles. The van der Waals surface area contributed by atoms with Crippen LogP contribution in [0.1, 0.15) is 77.8 Å². The summed E-state index contributed by atoms with van der Waals surface area (Å²) in [6, 6.07) is 12.7. The fraction of sp³-hybridized carbons (Fsp3) is 0.486. The molecule has 3 aromatic rings. The first-order valence-corrected chi connectivity index (χ1v) is 16.7. The van der Waals surface area contributed by atoms with Gasteiger partial charge in [-0.05, 0) is 112 Å². The van der Waals surface area contributed by atoms with Crippen molar-refractivity contribution in [3.8, 4) is 11.1 Å². The summed E-state index contributed by atoms with van der Waals surface area (Å²) in [5.74, 6) is -0.0659. The molecular formula is C37H46N4O5. The van der Waals surface area contributed by atoms with E-state index in [4.69, 9.17) is 9.47 Å². The van der Waals surface area contributed by atoms with E-state index < -0.39 is 5.41 Å². The fourth-order valence-corrected chi connectivity index (χ4v) is 7.73. The number of fused-ring (bicyclic) bond motifs is 2. The number of hydrogen-bond donors (Lipinski definition) is 2. The highest BCUT2D eigenvalue weighted by molar-refractivity contribution is 6.09. The number of amides is 2. The average Bonchev–Trinajstić information content (AvgIpc) is 3.27. The molecule has 0 saturated carbocycles. The van der Waals surface area contributed by atoms with E-state index in [9.17, 15) is 14.4 Å². The molecule has 3 aliphatic heterocycles. The second-order valence-corrected chi connectivity index (χ2v) is 12.9. The number of carbonyl (C=O) groups is 2. The number of likely N-dealkylation sites (N-methyl/N-ethyl adjacent to an activating group) is 1. The largest absolute Gasteiger partial charge is 0.381 e. The van der Waals surface area contributed by atoms with Crippen LogP contribution in [0.3, 0.4) is 0 Å². The molecule has 1 aromatic heterocycles. The smallest absolute Gasteiger partial charge is 0.253 e. The van der Waals surface area contributed by atoms with Crippen LogP contribution in [-0.2, 0) is 26.2 Å². The summed E-state index contributed by atoms with van der Waals surface area (Å²) >= 11 is 0. The molecule has 2 aromatic carbocycles. The Bertz CT molecular complexity index is 1700. The Morgan fingerprint density at radius 3 is 2.37 bits per heavy atom. The molecule has 2 amide bonds. The van der Waals surface area contributed by atoms with Gasteiger partial charge < -0.3 is 29.6 Å². The first kappa shape index (κ1) is 32.0. The molecule has 4 heterocycles. The first-order valence-electron chi connectivity index (χ1n) is 16.7. The topological polar surface area (TPSA) is 104 Å². The Hall–Kier alpha value is -3.95. The lowest BCUT2D eigenvalue weighted by atomic mass is 9.75. The van der Waals surface area contributed by atoms with Crippen LogP contribution in [0.4, 0.5) is 11.4 Å². The van der Waals surface area contributed by atoms with Gasteiger partial charge in [0, 0.05) is 80.3 Å². The number of pyridine rings is 1. The zero-order valence-corrected chi connectivity index (χ0v) is 27.8. The van der Waals surface area contributed by atoms with Crippen molar-refractivity contribution in [2.45, 2.75) is 78.3 Å². The molecule has 46 heavy (non-hydrogen) atoms. The molecule has 3 aliphatic rings. The number of H-pyrrole nitrogens is 1. The Morgan fingerprint density at radius 1 is 0.978 bits per heavy atom. The third kappa shape index (κ3) is 5.64. The van der Waals surface area contributed by atoms with Gasteiger partial charge in [0.05, 0.1) is 5.41 Å². The summed E-state index contributed by atoms with van der Waals surface area (Å²) in [5, 5.41) is 3.04. The van der Waals surface area contributed by atoms with Crippen molar-refractivity contribution in [1.29, 1.82) is 0 Å². The highest BCUT2D eigenvalue weighted by atomic mass is 16.5. The fourth-order valence-electron chi connectivity index (χ4n) is 7.73. The molecule has 9 nitrogen and oxygen atoms in total. The number of aromatic nitrogens is 1. The Balaban J connectivity index is 1.43. The van der Waals surface area contributed by atoms with Gasteiger partial charge in [-0.15, -0.1) is 0 Å². The number of rotatable bonds is 8. The van der Waals surface area contributed by atoms with Crippen LogP contribution in [-0.4, -0.2) is 62.4 Å². The van der Waals surface area contributed by atoms with Gasteiger partial charge in [-0.1, -0.05) is 12.1 Å². The normalized spacial score (nSPS) is 17.8. The van der Waals surface area contributed by atoms with Crippen LogP contribution in [0.2, 0.25) is 0 Å². The molecule has 2 saturated heterocycles. The Labute approximate surface area is 271 Å². The van der Waals surface area contributed by atoms with Crippen LogP contribution in [0.25, 0.3) is 11.1 Å². The van der Waals surface area contributed by atoms with E-state index in [-0.39, 0.29) is 23.9 Å². The molecule has 0 bridgehead atoms. The molecule has 244 valence electrons. The number of nitrogens with zero attached hydrogens (tertiary/aromatic N) is 2. The van der Waals surface area contributed by atoms with Gasteiger partial charge in [0.1, 0.15) is 0 Å². The lowest BCUT2D eigenvalue weighted by Gasteiger charge is -2.37. The van der Waals surface area contributed by atoms with Crippen molar-refractivity contribution in [3.05, 3.63) is 80.3 Å². The lowest BCUT2D eigenvalue weighted by Crippen LogP contribution is -2.44. The minimum absolute atomic E-state index is 0.134. The maximum absolute atomic E-state index is 14.0. The van der Waals surface area contributed by atoms with Crippen LogP contribution >= 0.6 is 0 Å². The predicted octanol–water partition coefficient (Wildman–Crippen LogP) is 5.32. The highest BCUT2D eigenvalue weighted by Crippen LogP contribution is 2.49. The number of nitrogens with one attached hydrogen (secondary N) is 2. The van der Waals surface area contributed by atoms with E-state index >= 15 is 0 Å². The summed E-state index contributed by atoms with van der Waals surface area (Å²) in [7, 11) is 0. The summed E-state index contributed by atoms with van der Waals surface area (Å²) in [5.41, 5.74) is 7.87. The number of hydrogen-bond acceptors (Lipinski definition) is 6. The number of aryl methyl sites for hydroxylation is 2. The van der Waals surface area contributed by atoms with E-state index in [1.807, 2.05) is 44.7 Å². The molecule has 9 heteroatoms. The summed E-state index contributed by atoms with van der Waals surface area (Å²) < 4.78 is 11.3. The van der Waals surface area contributed by atoms with Gasteiger partial charge in [0.25, 0.3) is 11.5 Å². The first-order chi connectivity index (χ1) is 22.2. The van der Waals surface area contributed by atoms with E-state index in [0.717, 1.165) is 77.5 Å². The monoisotopic (exact) mass is 626 g/mol.